The van der Waals surface area contributed by atoms with Crippen molar-refractivity contribution in [3.05, 3.63) is 95.6 Å². The molecule has 44 heavy (non-hydrogen) atoms. The first-order chi connectivity index (χ1) is 21.1. The van der Waals surface area contributed by atoms with Gasteiger partial charge in [-0.05, 0) is 66.3 Å². The molecule has 2 atom stereocenters. The Balaban J connectivity index is 1.37. The Morgan fingerprint density at radius 2 is 1.52 bits per heavy atom. The topological polar surface area (TPSA) is 76.2 Å². The number of esters is 1. The predicted octanol–water partition coefficient (Wildman–Crippen LogP) is 6.30. The highest BCUT2D eigenvalue weighted by molar-refractivity contribution is 7.89. The van der Waals surface area contributed by atoms with Gasteiger partial charge in [-0.3, -0.25) is 9.69 Å². The zero-order valence-corrected chi connectivity index (χ0v) is 25.4. The zero-order chi connectivity index (χ0) is 31.3. The molecule has 1 unspecified atom stereocenters. The van der Waals surface area contributed by atoms with Crippen molar-refractivity contribution in [2.24, 2.45) is 5.92 Å². The summed E-state index contributed by atoms with van der Waals surface area (Å²) < 4.78 is 79.6. The molecule has 1 aliphatic carbocycles. The van der Waals surface area contributed by atoms with Crippen molar-refractivity contribution >= 4 is 16.0 Å². The summed E-state index contributed by atoms with van der Waals surface area (Å²) in [6.07, 6.45) is 1.46. The van der Waals surface area contributed by atoms with Crippen molar-refractivity contribution < 1.29 is 35.9 Å². The van der Waals surface area contributed by atoms with Crippen LogP contribution in [0.25, 0.3) is 0 Å². The summed E-state index contributed by atoms with van der Waals surface area (Å²) in [5, 5.41) is 0. The van der Waals surface area contributed by atoms with Gasteiger partial charge < -0.3 is 9.47 Å². The normalized spacial score (nSPS) is 19.8. The van der Waals surface area contributed by atoms with Crippen LogP contribution in [0.3, 0.4) is 0 Å². The molecule has 1 heterocycles. The summed E-state index contributed by atoms with van der Waals surface area (Å²) in [5.74, 6) is 0.377. The Kier molecular flexibility index (Phi) is 9.97. The molecule has 2 aliphatic rings. The molecular formula is C33H37F3N2O5S. The minimum absolute atomic E-state index is 0.0188. The fraction of sp³-hybridized carbons (Fsp3) is 0.424. The Morgan fingerprint density at radius 3 is 2.14 bits per heavy atom. The zero-order valence-electron chi connectivity index (χ0n) is 24.6. The fourth-order valence-corrected chi connectivity index (χ4v) is 7.71. The number of nitrogens with zero attached hydrogens (tertiary/aromatic N) is 2. The maximum absolute atomic E-state index is 13.8. The first-order valence-electron chi connectivity index (χ1n) is 14.9. The summed E-state index contributed by atoms with van der Waals surface area (Å²) in [6.45, 7) is 0.789. The number of hydrogen-bond acceptors (Lipinski definition) is 6. The lowest BCUT2D eigenvalue weighted by Gasteiger charge is -2.42. The molecule has 236 valence electrons. The van der Waals surface area contributed by atoms with Gasteiger partial charge in [0.15, 0.2) is 0 Å². The monoisotopic (exact) mass is 630 g/mol. The van der Waals surface area contributed by atoms with Crippen LogP contribution >= 0.6 is 0 Å². The van der Waals surface area contributed by atoms with Crippen LogP contribution in [0.15, 0.2) is 83.8 Å². The van der Waals surface area contributed by atoms with Gasteiger partial charge in [0, 0.05) is 19.6 Å². The third-order valence-electron chi connectivity index (χ3n) is 8.51. The number of benzene rings is 3. The molecule has 0 amide bonds. The highest BCUT2D eigenvalue weighted by atomic mass is 32.2. The van der Waals surface area contributed by atoms with Crippen LogP contribution in [-0.2, 0) is 25.7 Å². The lowest BCUT2D eigenvalue weighted by Crippen LogP contribution is -2.59. The minimum atomic E-state index is -4.48. The van der Waals surface area contributed by atoms with Crippen molar-refractivity contribution in [3.8, 4) is 5.75 Å². The van der Waals surface area contributed by atoms with E-state index in [1.54, 1.807) is 12.1 Å². The van der Waals surface area contributed by atoms with E-state index >= 15 is 0 Å². The summed E-state index contributed by atoms with van der Waals surface area (Å²) in [4.78, 5) is 15.0. The quantitative estimate of drug-likeness (QED) is 0.258. The van der Waals surface area contributed by atoms with E-state index in [1.165, 1.54) is 50.6 Å². The molecule has 0 radical (unpaired) electrons. The highest BCUT2D eigenvalue weighted by Crippen LogP contribution is 2.35. The number of piperazine rings is 1. The second-order valence-corrected chi connectivity index (χ2v) is 13.3. The number of methoxy groups -OCH3 is 1. The molecule has 1 aliphatic heterocycles. The van der Waals surface area contributed by atoms with Gasteiger partial charge in [0.1, 0.15) is 11.8 Å². The fourth-order valence-electron chi connectivity index (χ4n) is 6.15. The van der Waals surface area contributed by atoms with Crippen molar-refractivity contribution in [2.45, 2.75) is 55.3 Å². The lowest BCUT2D eigenvalue weighted by atomic mass is 9.90. The second-order valence-electron chi connectivity index (χ2n) is 11.4. The molecule has 11 heteroatoms. The van der Waals surface area contributed by atoms with E-state index in [0.717, 1.165) is 34.8 Å². The molecule has 1 saturated carbocycles. The van der Waals surface area contributed by atoms with Crippen LogP contribution in [-0.4, -0.2) is 63.0 Å². The molecule has 0 aromatic heterocycles. The first kappa shape index (κ1) is 32.0. The van der Waals surface area contributed by atoms with E-state index in [4.69, 9.17) is 9.47 Å². The molecule has 3 aromatic rings. The van der Waals surface area contributed by atoms with Gasteiger partial charge in [0.05, 0.1) is 30.2 Å². The minimum Gasteiger partial charge on any atom is -0.493 e. The number of carbonyl (C=O) groups excluding carboxylic acids is 1. The number of hydrogen-bond donors (Lipinski definition) is 0. The number of carbonyl (C=O) groups is 1. The SMILES string of the molecule is COC(=O)[C@@H]1CN(C(c2ccccc2)c2ccc(C(F)(F)F)cc2)CCN1S(=O)(=O)c1ccc(OCC2CCCCC2)cc1. The Labute approximate surface area is 256 Å². The van der Waals surface area contributed by atoms with Crippen LogP contribution in [0.5, 0.6) is 5.75 Å². The highest BCUT2D eigenvalue weighted by Gasteiger charge is 2.43. The molecule has 2 fully saturated rings. The van der Waals surface area contributed by atoms with Gasteiger partial charge >= 0.3 is 12.1 Å². The molecule has 0 spiro atoms. The summed E-state index contributed by atoms with van der Waals surface area (Å²) in [6, 6.07) is 18.7. The molecule has 3 aromatic carbocycles. The molecular weight excluding hydrogens is 593 g/mol. The number of sulfonamides is 1. The van der Waals surface area contributed by atoms with Crippen LogP contribution in [0.4, 0.5) is 13.2 Å². The van der Waals surface area contributed by atoms with Gasteiger partial charge in [-0.2, -0.15) is 17.5 Å². The van der Waals surface area contributed by atoms with Crippen molar-refractivity contribution in [1.82, 2.24) is 9.21 Å². The summed E-state index contributed by atoms with van der Waals surface area (Å²) >= 11 is 0. The predicted molar refractivity (Wildman–Crippen MR) is 160 cm³/mol. The number of halogens is 3. The maximum Gasteiger partial charge on any atom is 0.416 e. The average molecular weight is 631 g/mol. The third-order valence-corrected chi connectivity index (χ3v) is 10.4. The van der Waals surface area contributed by atoms with Gasteiger partial charge in [-0.15, -0.1) is 0 Å². The number of rotatable bonds is 9. The van der Waals surface area contributed by atoms with E-state index < -0.39 is 39.8 Å². The van der Waals surface area contributed by atoms with Crippen LogP contribution < -0.4 is 4.74 Å². The standard InChI is InChI=1S/C33H37F3N2O5S/c1-42-32(39)30-22-37(31(25-10-6-3-7-11-25)26-12-14-27(15-13-26)33(34,35)36)20-21-38(30)44(40,41)29-18-16-28(17-19-29)43-23-24-8-4-2-5-9-24/h3,6-7,10-19,24,30-31H,2,4-5,8-9,20-23H2,1H3/t30-,31?/m0/s1. The van der Waals surface area contributed by atoms with Crippen LogP contribution in [0.1, 0.15) is 54.8 Å². The van der Waals surface area contributed by atoms with Crippen molar-refractivity contribution in [2.75, 3.05) is 33.4 Å². The third kappa shape index (κ3) is 7.27. The van der Waals surface area contributed by atoms with Crippen LogP contribution in [0.2, 0.25) is 0 Å². The smallest absolute Gasteiger partial charge is 0.416 e. The first-order valence-corrected chi connectivity index (χ1v) is 16.3. The van der Waals surface area contributed by atoms with Crippen LogP contribution in [0, 0.1) is 5.92 Å². The summed E-state index contributed by atoms with van der Waals surface area (Å²) in [7, 11) is -2.89. The molecule has 0 bridgehead atoms. The average Bonchev–Trinajstić information content (AvgIpc) is 3.04. The van der Waals surface area contributed by atoms with Gasteiger partial charge in [-0.25, -0.2) is 8.42 Å². The van der Waals surface area contributed by atoms with Crippen molar-refractivity contribution in [3.63, 3.8) is 0 Å². The molecule has 0 N–H and O–H groups in total. The molecule has 5 rings (SSSR count). The van der Waals surface area contributed by atoms with Gasteiger partial charge in [0.2, 0.25) is 10.0 Å². The lowest BCUT2D eigenvalue weighted by molar-refractivity contribution is -0.147. The largest absolute Gasteiger partial charge is 0.493 e. The second kappa shape index (κ2) is 13.7. The summed E-state index contributed by atoms with van der Waals surface area (Å²) in [5.41, 5.74) is 0.630. The molecule has 1 saturated heterocycles. The van der Waals surface area contributed by atoms with E-state index in [9.17, 15) is 26.4 Å². The van der Waals surface area contributed by atoms with Crippen molar-refractivity contribution in [1.29, 1.82) is 0 Å². The Morgan fingerprint density at radius 1 is 0.886 bits per heavy atom. The maximum atomic E-state index is 13.8. The van der Waals surface area contributed by atoms with E-state index in [-0.39, 0.29) is 24.5 Å². The van der Waals surface area contributed by atoms with Gasteiger partial charge in [-0.1, -0.05) is 61.7 Å². The number of ether oxygens (including phenoxy) is 2. The van der Waals surface area contributed by atoms with E-state index in [2.05, 4.69) is 0 Å². The van der Waals surface area contributed by atoms with E-state index in [1.807, 2.05) is 35.2 Å². The van der Waals surface area contributed by atoms with Gasteiger partial charge in [0.25, 0.3) is 0 Å². The van der Waals surface area contributed by atoms with E-state index in [0.29, 0.717) is 23.8 Å². The Bertz CT molecular complexity index is 1490. The Hall–Kier alpha value is -3.41. The number of alkyl halides is 3. The molecule has 7 nitrogen and oxygen atoms in total.